The highest BCUT2D eigenvalue weighted by atomic mass is 16.5. The molecule has 2 aromatic heterocycles. The third-order valence-electron chi connectivity index (χ3n) is 5.41. The fourth-order valence-corrected chi connectivity index (χ4v) is 4.00. The Morgan fingerprint density at radius 1 is 0.808 bits per heavy atom. The zero-order chi connectivity index (χ0) is 18.5. The van der Waals surface area contributed by atoms with Crippen LogP contribution in [0.25, 0.3) is 0 Å². The number of rotatable bonds is 2. The van der Waals surface area contributed by atoms with Crippen molar-refractivity contribution in [1.82, 2.24) is 9.80 Å². The van der Waals surface area contributed by atoms with Crippen molar-refractivity contribution < 1.29 is 9.46 Å². The molecule has 0 aliphatic carbocycles. The Morgan fingerprint density at radius 3 is 1.54 bits per heavy atom. The van der Waals surface area contributed by atoms with Crippen molar-refractivity contribution in [2.45, 2.75) is 37.8 Å². The molecule has 26 heavy (non-hydrogen) atoms. The van der Waals surface area contributed by atoms with Crippen LogP contribution in [0.15, 0.2) is 49.1 Å². The Morgan fingerprint density at radius 2 is 1.23 bits per heavy atom. The van der Waals surface area contributed by atoms with E-state index in [2.05, 4.69) is 23.9 Å². The normalized spacial score (nSPS) is 23.6. The first-order valence-electron chi connectivity index (χ1n) is 9.32. The van der Waals surface area contributed by atoms with E-state index in [9.17, 15) is 10.4 Å². The molecule has 6 heteroatoms. The average molecular weight is 356 g/mol. The van der Waals surface area contributed by atoms with Crippen molar-refractivity contribution in [3.63, 3.8) is 0 Å². The van der Waals surface area contributed by atoms with Gasteiger partial charge in [0.25, 0.3) is 0 Å². The highest BCUT2D eigenvalue weighted by molar-refractivity contribution is 5.13. The summed E-state index contributed by atoms with van der Waals surface area (Å²) in [5.41, 5.74) is 2.27. The summed E-state index contributed by atoms with van der Waals surface area (Å²) in [7, 11) is 4.22. The van der Waals surface area contributed by atoms with Gasteiger partial charge in [0.2, 0.25) is 0 Å². The van der Waals surface area contributed by atoms with Crippen molar-refractivity contribution in [3.8, 4) is 0 Å². The van der Waals surface area contributed by atoms with Gasteiger partial charge in [-0.15, -0.1) is 0 Å². The van der Waals surface area contributed by atoms with Crippen LogP contribution in [0.3, 0.4) is 0 Å². The summed E-state index contributed by atoms with van der Waals surface area (Å²) in [6.07, 6.45) is 11.2. The van der Waals surface area contributed by atoms with Crippen molar-refractivity contribution in [1.29, 1.82) is 0 Å². The second-order valence-electron chi connectivity index (χ2n) is 7.27. The molecule has 0 N–H and O–H groups in total. The first-order chi connectivity index (χ1) is 12.5. The van der Waals surface area contributed by atoms with Gasteiger partial charge in [-0.2, -0.15) is 9.46 Å². The maximum absolute atomic E-state index is 11.1. The molecule has 2 aliphatic heterocycles. The molecule has 2 fully saturated rings. The van der Waals surface area contributed by atoms with Gasteiger partial charge in [-0.25, -0.2) is 0 Å². The van der Waals surface area contributed by atoms with E-state index in [0.29, 0.717) is 12.1 Å². The van der Waals surface area contributed by atoms with E-state index in [1.807, 2.05) is 24.3 Å². The second-order valence-corrected chi connectivity index (χ2v) is 7.27. The van der Waals surface area contributed by atoms with Gasteiger partial charge in [0.05, 0.1) is 0 Å². The molecule has 4 heterocycles. The van der Waals surface area contributed by atoms with Crippen LogP contribution in [0.5, 0.6) is 0 Å². The molecule has 2 saturated heterocycles. The Bertz CT molecular complexity index is 663. The lowest BCUT2D eigenvalue weighted by Gasteiger charge is -2.18. The fourth-order valence-electron chi connectivity index (χ4n) is 4.00. The summed E-state index contributed by atoms with van der Waals surface area (Å²) >= 11 is 0. The second kappa shape index (κ2) is 8.47. The smallest absolute Gasteiger partial charge is 0.185 e. The largest absolute Gasteiger partial charge is 0.619 e. The number of likely N-dealkylation sites (tertiary alicyclic amines) is 2. The number of hydrogen-bond donors (Lipinski definition) is 0. The van der Waals surface area contributed by atoms with Gasteiger partial charge < -0.3 is 10.4 Å². The minimum atomic E-state index is 0.446. The Balaban J connectivity index is 0.000000151. The molecule has 0 spiro atoms. The van der Waals surface area contributed by atoms with E-state index in [4.69, 9.17) is 0 Å². The summed E-state index contributed by atoms with van der Waals surface area (Å²) in [6, 6.07) is 8.58. The molecule has 0 bridgehead atoms. The number of nitrogens with zero attached hydrogens (tertiary/aromatic N) is 4. The topological polar surface area (TPSA) is 60.4 Å². The predicted molar refractivity (Wildman–Crippen MR) is 100 cm³/mol. The summed E-state index contributed by atoms with van der Waals surface area (Å²) < 4.78 is 1.75. The Kier molecular flexibility index (Phi) is 6.06. The third kappa shape index (κ3) is 4.51. The van der Waals surface area contributed by atoms with E-state index < -0.39 is 0 Å². The molecule has 2 unspecified atom stereocenters. The van der Waals surface area contributed by atoms with Crippen LogP contribution in [-0.4, -0.2) is 37.0 Å². The molecule has 4 rings (SSSR count). The lowest BCUT2D eigenvalue weighted by molar-refractivity contribution is -0.606. The van der Waals surface area contributed by atoms with Crippen LogP contribution in [0.1, 0.15) is 48.9 Å². The molecule has 6 nitrogen and oxygen atoms in total. The van der Waals surface area contributed by atoms with Gasteiger partial charge in [-0.1, -0.05) is 0 Å². The predicted octanol–water partition coefficient (Wildman–Crippen LogP) is 2.17. The summed E-state index contributed by atoms with van der Waals surface area (Å²) in [5, 5.41) is 22.1. The summed E-state index contributed by atoms with van der Waals surface area (Å²) in [6.45, 7) is 2.27. The first-order valence-corrected chi connectivity index (χ1v) is 9.32. The van der Waals surface area contributed by atoms with E-state index in [1.165, 1.54) is 38.1 Å². The summed E-state index contributed by atoms with van der Waals surface area (Å²) in [4.78, 5) is 4.60. The molecule has 2 aliphatic rings. The number of hydrogen-bond acceptors (Lipinski definition) is 4. The summed E-state index contributed by atoms with van der Waals surface area (Å²) in [5.74, 6) is 0. The molecular weight excluding hydrogens is 328 g/mol. The Labute approximate surface area is 155 Å². The van der Waals surface area contributed by atoms with E-state index in [1.54, 1.807) is 12.4 Å². The monoisotopic (exact) mass is 356 g/mol. The lowest BCUT2D eigenvalue weighted by atomic mass is 10.1. The SMILES string of the molecule is CN1CCCC1c1ccc[n+]([O-])c1.CN1CCCC1c1ccc[n+]([O-])c1. The highest BCUT2D eigenvalue weighted by Gasteiger charge is 2.24. The molecule has 140 valence electrons. The van der Waals surface area contributed by atoms with Crippen LogP contribution in [0.2, 0.25) is 0 Å². The maximum atomic E-state index is 11.1. The van der Waals surface area contributed by atoms with Crippen LogP contribution < -0.4 is 9.46 Å². The zero-order valence-electron chi connectivity index (χ0n) is 15.6. The Hall–Kier alpha value is -2.18. The van der Waals surface area contributed by atoms with Gasteiger partial charge in [-0.3, -0.25) is 9.80 Å². The molecule has 0 aromatic carbocycles. The average Bonchev–Trinajstić information content (AvgIpc) is 3.24. The molecular formula is C20H28N4O2. The van der Waals surface area contributed by atoms with Gasteiger partial charge in [0.1, 0.15) is 0 Å². The van der Waals surface area contributed by atoms with Crippen LogP contribution in [0, 0.1) is 10.4 Å². The van der Waals surface area contributed by atoms with Crippen LogP contribution in [-0.2, 0) is 0 Å². The number of aromatic nitrogens is 2. The highest BCUT2D eigenvalue weighted by Crippen LogP contribution is 2.29. The zero-order valence-corrected chi connectivity index (χ0v) is 15.6. The maximum Gasteiger partial charge on any atom is 0.185 e. The van der Waals surface area contributed by atoms with Crippen molar-refractivity contribution >= 4 is 0 Å². The van der Waals surface area contributed by atoms with Crippen molar-refractivity contribution in [2.24, 2.45) is 0 Å². The molecule has 0 saturated carbocycles. The molecule has 2 atom stereocenters. The third-order valence-corrected chi connectivity index (χ3v) is 5.41. The van der Waals surface area contributed by atoms with Crippen LogP contribution in [0.4, 0.5) is 0 Å². The lowest BCUT2D eigenvalue weighted by Crippen LogP contribution is -2.27. The van der Waals surface area contributed by atoms with E-state index in [0.717, 1.165) is 33.7 Å². The van der Waals surface area contributed by atoms with Crippen molar-refractivity contribution in [3.05, 3.63) is 70.6 Å². The minimum absolute atomic E-state index is 0.446. The van der Waals surface area contributed by atoms with E-state index in [-0.39, 0.29) is 0 Å². The quantitative estimate of drug-likeness (QED) is 0.611. The molecule has 0 radical (unpaired) electrons. The standard InChI is InChI=1S/2C10H14N2O/c2*1-11-6-3-5-10(11)9-4-2-7-12(13)8-9/h2*2,4,7-8,10H,3,5-6H2,1H3. The first kappa shape index (κ1) is 18.6. The molecule has 2 aromatic rings. The fraction of sp³-hybridized carbons (Fsp3) is 0.500. The van der Waals surface area contributed by atoms with Gasteiger partial charge in [0.15, 0.2) is 24.8 Å². The minimum Gasteiger partial charge on any atom is -0.619 e. The molecule has 0 amide bonds. The number of pyridine rings is 2. The van der Waals surface area contributed by atoms with Gasteiger partial charge >= 0.3 is 0 Å². The van der Waals surface area contributed by atoms with E-state index >= 15 is 0 Å². The van der Waals surface area contributed by atoms with Crippen LogP contribution >= 0.6 is 0 Å². The van der Waals surface area contributed by atoms with Gasteiger partial charge in [-0.05, 0) is 65.0 Å². The van der Waals surface area contributed by atoms with Crippen molar-refractivity contribution in [2.75, 3.05) is 27.2 Å². The van der Waals surface area contributed by atoms with Gasteiger partial charge in [0, 0.05) is 35.3 Å².